The molecule has 0 fully saturated rings. The Hall–Kier alpha value is -2.34. The highest BCUT2D eigenvalue weighted by Gasteiger charge is 2.34. The van der Waals surface area contributed by atoms with Crippen molar-refractivity contribution >= 4 is 5.91 Å². The lowest BCUT2D eigenvalue weighted by Gasteiger charge is -2.24. The molecule has 0 heterocycles. The Morgan fingerprint density at radius 3 is 2.54 bits per heavy atom. The molecule has 2 aromatic carbocycles. The Morgan fingerprint density at radius 1 is 1.15 bits per heavy atom. The van der Waals surface area contributed by atoms with Gasteiger partial charge in [-0.05, 0) is 42.2 Å². The first-order valence-corrected chi connectivity index (χ1v) is 8.61. The van der Waals surface area contributed by atoms with E-state index in [4.69, 9.17) is 0 Å². The molecule has 0 saturated carbocycles. The molecule has 26 heavy (non-hydrogen) atoms. The van der Waals surface area contributed by atoms with Crippen LogP contribution in [0.4, 0.5) is 13.2 Å². The van der Waals surface area contributed by atoms with Crippen molar-refractivity contribution in [3.63, 3.8) is 0 Å². The molecule has 0 aromatic heterocycles. The first-order valence-electron chi connectivity index (χ1n) is 8.61. The predicted molar refractivity (Wildman–Crippen MR) is 93.6 cm³/mol. The third kappa shape index (κ3) is 4.07. The number of carbonyl (C=O) groups excluding carboxylic acids is 1. The number of fused-ring (bicyclic) bond motifs is 1. The Morgan fingerprint density at radius 2 is 1.85 bits per heavy atom. The smallest absolute Gasteiger partial charge is 0.250 e. The van der Waals surface area contributed by atoms with Gasteiger partial charge in [-0.25, -0.2) is 13.2 Å². The normalized spacial score (nSPS) is 20.0. The van der Waals surface area contributed by atoms with E-state index in [1.54, 1.807) is 19.1 Å². The lowest BCUT2D eigenvalue weighted by atomic mass is 9.99. The summed E-state index contributed by atoms with van der Waals surface area (Å²) in [5, 5.41) is 5.84. The van der Waals surface area contributed by atoms with E-state index < -0.39 is 18.9 Å². The van der Waals surface area contributed by atoms with Crippen LogP contribution < -0.4 is 10.6 Å². The van der Waals surface area contributed by atoms with Gasteiger partial charge in [0.2, 0.25) is 5.91 Å². The van der Waals surface area contributed by atoms with E-state index in [9.17, 15) is 18.0 Å². The van der Waals surface area contributed by atoms with E-state index in [1.165, 1.54) is 12.1 Å². The van der Waals surface area contributed by atoms with E-state index in [0.29, 0.717) is 12.0 Å². The van der Waals surface area contributed by atoms with Crippen molar-refractivity contribution in [1.29, 1.82) is 0 Å². The molecule has 0 unspecified atom stereocenters. The van der Waals surface area contributed by atoms with Crippen LogP contribution in [0.2, 0.25) is 0 Å². The van der Waals surface area contributed by atoms with Crippen molar-refractivity contribution in [3.05, 3.63) is 71.0 Å². The van der Waals surface area contributed by atoms with Gasteiger partial charge < -0.3 is 10.6 Å². The fourth-order valence-corrected chi connectivity index (χ4v) is 3.41. The molecule has 1 aliphatic carbocycles. The predicted octanol–water partition coefficient (Wildman–Crippen LogP) is 3.57. The van der Waals surface area contributed by atoms with Crippen LogP contribution in [-0.2, 0) is 11.2 Å². The monoisotopic (exact) mass is 362 g/mol. The molecule has 138 valence electrons. The van der Waals surface area contributed by atoms with Gasteiger partial charge in [-0.15, -0.1) is 0 Å². The van der Waals surface area contributed by atoms with Crippen LogP contribution in [-0.4, -0.2) is 24.9 Å². The minimum Gasteiger partial charge on any atom is -0.351 e. The molecule has 0 radical (unpaired) electrons. The second-order valence-electron chi connectivity index (χ2n) is 6.57. The highest BCUT2D eigenvalue weighted by molar-refractivity contribution is 5.83. The van der Waals surface area contributed by atoms with Crippen LogP contribution in [0.5, 0.6) is 0 Å². The van der Waals surface area contributed by atoms with Gasteiger partial charge in [0.15, 0.2) is 0 Å². The molecule has 0 saturated heterocycles. The van der Waals surface area contributed by atoms with Gasteiger partial charge in [0.1, 0.15) is 5.82 Å². The molecule has 3 nitrogen and oxygen atoms in total. The molecule has 3 atom stereocenters. The number of nitrogens with one attached hydrogen (secondary N) is 2. The quantitative estimate of drug-likeness (QED) is 0.825. The first-order chi connectivity index (χ1) is 12.5. The first kappa shape index (κ1) is 18.5. The molecule has 0 bridgehead atoms. The standard InChI is InChI=1S/C20H21F3N2O/c1-12(13-6-8-15(21)9-7-13)20(26)25-17-10-14-4-2-3-5-16(14)19(17)24-11-18(22)23/h2-9,12,17-19,24H,10-11H2,1H3,(H,25,26)/t12-,17-,19-/m0/s1. The third-order valence-corrected chi connectivity index (χ3v) is 4.82. The molecule has 2 N–H and O–H groups in total. The SMILES string of the molecule is C[C@H](C(=O)N[C@H]1Cc2ccccc2[C@@H]1NCC(F)F)c1ccc(F)cc1. The van der Waals surface area contributed by atoms with Gasteiger partial charge in [0.05, 0.1) is 24.5 Å². The largest absolute Gasteiger partial charge is 0.351 e. The fourth-order valence-electron chi connectivity index (χ4n) is 3.41. The van der Waals surface area contributed by atoms with Crippen LogP contribution in [0, 0.1) is 5.82 Å². The molecule has 1 aliphatic rings. The van der Waals surface area contributed by atoms with Gasteiger partial charge in [-0.2, -0.15) is 0 Å². The minimum atomic E-state index is -2.46. The maximum absolute atomic E-state index is 13.1. The summed E-state index contributed by atoms with van der Waals surface area (Å²) in [4.78, 5) is 12.6. The minimum absolute atomic E-state index is 0.210. The summed E-state index contributed by atoms with van der Waals surface area (Å²) >= 11 is 0. The number of halogens is 3. The van der Waals surface area contributed by atoms with Crippen LogP contribution in [0.15, 0.2) is 48.5 Å². The molecule has 0 spiro atoms. The zero-order valence-electron chi connectivity index (χ0n) is 14.4. The molecule has 3 rings (SSSR count). The number of hydrogen-bond acceptors (Lipinski definition) is 2. The lowest BCUT2D eigenvalue weighted by molar-refractivity contribution is -0.123. The van der Waals surface area contributed by atoms with Crippen molar-refractivity contribution in [1.82, 2.24) is 10.6 Å². The highest BCUT2D eigenvalue weighted by atomic mass is 19.3. The van der Waals surface area contributed by atoms with Gasteiger partial charge in [-0.3, -0.25) is 4.79 Å². The number of hydrogen-bond donors (Lipinski definition) is 2. The Kier molecular flexibility index (Phi) is 5.61. The van der Waals surface area contributed by atoms with Gasteiger partial charge in [0.25, 0.3) is 6.43 Å². The lowest BCUT2D eigenvalue weighted by Crippen LogP contribution is -2.45. The summed E-state index contributed by atoms with van der Waals surface area (Å²) in [6.07, 6.45) is -1.88. The third-order valence-electron chi connectivity index (χ3n) is 4.82. The Balaban J connectivity index is 1.72. The van der Waals surface area contributed by atoms with Crippen molar-refractivity contribution in [3.8, 4) is 0 Å². The maximum atomic E-state index is 13.1. The van der Waals surface area contributed by atoms with Crippen LogP contribution >= 0.6 is 0 Å². The van der Waals surface area contributed by atoms with Crippen molar-refractivity contribution in [2.75, 3.05) is 6.54 Å². The molecule has 2 aromatic rings. The fraction of sp³-hybridized carbons (Fsp3) is 0.350. The second-order valence-corrected chi connectivity index (χ2v) is 6.57. The summed E-state index contributed by atoms with van der Waals surface area (Å²) in [6, 6.07) is 12.7. The van der Waals surface area contributed by atoms with Crippen molar-refractivity contribution in [2.45, 2.75) is 37.8 Å². The van der Waals surface area contributed by atoms with E-state index in [2.05, 4.69) is 10.6 Å². The van der Waals surface area contributed by atoms with Gasteiger partial charge in [-0.1, -0.05) is 36.4 Å². The Labute approximate surface area is 150 Å². The zero-order valence-corrected chi connectivity index (χ0v) is 14.4. The second kappa shape index (κ2) is 7.91. The number of benzene rings is 2. The number of rotatable bonds is 6. The number of alkyl halides is 2. The molecular formula is C20H21F3N2O. The molecular weight excluding hydrogens is 341 g/mol. The van der Waals surface area contributed by atoms with Crippen LogP contribution in [0.25, 0.3) is 0 Å². The van der Waals surface area contributed by atoms with Gasteiger partial charge in [0, 0.05) is 0 Å². The summed E-state index contributed by atoms with van der Waals surface area (Å²) < 4.78 is 38.4. The van der Waals surface area contributed by atoms with E-state index >= 15 is 0 Å². The average molecular weight is 362 g/mol. The summed E-state index contributed by atoms with van der Waals surface area (Å²) in [7, 11) is 0. The molecule has 6 heteroatoms. The number of carbonyl (C=O) groups is 1. The van der Waals surface area contributed by atoms with Crippen LogP contribution in [0.3, 0.4) is 0 Å². The van der Waals surface area contributed by atoms with E-state index in [-0.39, 0.29) is 23.8 Å². The Bertz CT molecular complexity index is 764. The number of amides is 1. The summed E-state index contributed by atoms with van der Waals surface area (Å²) in [5.41, 5.74) is 2.68. The summed E-state index contributed by atoms with van der Waals surface area (Å²) in [5.74, 6) is -1.03. The van der Waals surface area contributed by atoms with E-state index in [0.717, 1.165) is 11.1 Å². The molecule has 1 amide bonds. The van der Waals surface area contributed by atoms with Crippen molar-refractivity contribution in [2.24, 2.45) is 0 Å². The topological polar surface area (TPSA) is 41.1 Å². The van der Waals surface area contributed by atoms with Crippen LogP contribution in [0.1, 0.15) is 35.6 Å². The van der Waals surface area contributed by atoms with Gasteiger partial charge >= 0.3 is 0 Å². The van der Waals surface area contributed by atoms with Crippen molar-refractivity contribution < 1.29 is 18.0 Å². The molecule has 0 aliphatic heterocycles. The summed E-state index contributed by atoms with van der Waals surface area (Å²) in [6.45, 7) is 1.31. The highest BCUT2D eigenvalue weighted by Crippen LogP contribution is 2.32. The average Bonchev–Trinajstić information content (AvgIpc) is 2.97. The maximum Gasteiger partial charge on any atom is 0.250 e. The van der Waals surface area contributed by atoms with E-state index in [1.807, 2.05) is 24.3 Å². The zero-order chi connectivity index (χ0) is 18.7.